The number of piperidine rings is 2. The number of nitrogens with one attached hydrogen (secondary N) is 2. The number of rotatable bonds is 6. The van der Waals surface area contributed by atoms with Crippen molar-refractivity contribution >= 4 is 46.0 Å². The number of aromatic nitrogens is 1. The van der Waals surface area contributed by atoms with Crippen molar-refractivity contribution < 1.29 is 24.0 Å². The molecular formula is C36H41N5O5. The first kappa shape index (κ1) is 30.2. The van der Waals surface area contributed by atoms with E-state index in [2.05, 4.69) is 47.8 Å². The molecule has 2 saturated heterocycles. The maximum absolute atomic E-state index is 13.2. The van der Waals surface area contributed by atoms with E-state index < -0.39 is 23.8 Å². The third-order valence-electron chi connectivity index (χ3n) is 10.6. The summed E-state index contributed by atoms with van der Waals surface area (Å²) in [4.78, 5) is 66.7. The second-order valence-corrected chi connectivity index (χ2v) is 15.0. The Kier molecular flexibility index (Phi) is 7.10. The molecule has 1 aromatic heterocycles. The van der Waals surface area contributed by atoms with Crippen LogP contribution in [0.2, 0.25) is 0 Å². The van der Waals surface area contributed by atoms with Gasteiger partial charge >= 0.3 is 0 Å². The van der Waals surface area contributed by atoms with Crippen molar-refractivity contribution in [1.29, 1.82) is 0 Å². The Morgan fingerprint density at radius 3 is 2.00 bits per heavy atom. The van der Waals surface area contributed by atoms with Gasteiger partial charge < -0.3 is 14.8 Å². The lowest BCUT2D eigenvalue weighted by Crippen LogP contribution is -2.63. The molecule has 5 amide bonds. The lowest BCUT2D eigenvalue weighted by atomic mass is 9.52. The summed E-state index contributed by atoms with van der Waals surface area (Å²) >= 11 is 0. The number of carbonyl (C=O) groups excluding carboxylic acids is 5. The summed E-state index contributed by atoms with van der Waals surface area (Å²) < 4.78 is 2.14. The van der Waals surface area contributed by atoms with E-state index in [1.165, 1.54) is 0 Å². The highest BCUT2D eigenvalue weighted by Gasteiger charge is 2.53. The average Bonchev–Trinajstić information content (AvgIpc) is 3.51. The normalized spacial score (nSPS) is 23.0. The van der Waals surface area contributed by atoms with Gasteiger partial charge in [0, 0.05) is 66.5 Å². The predicted molar refractivity (Wildman–Crippen MR) is 173 cm³/mol. The Hall–Kier alpha value is -4.47. The van der Waals surface area contributed by atoms with Crippen LogP contribution in [0.4, 0.5) is 5.69 Å². The standard InChI is InChI=1S/C36H41N5O5/c1-35(2)20-36(3,4)34(35)38-30(43)22-5-7-25(8-6-22)40-13-11-21(12-14-40)17-39-18-23-15-26-27(16-24(23)19-39)33(46)41(32(26)45)28-9-10-29(42)37-31(28)44/h5-8,15-16,18-19,21,28,34H,9-14,17,20H2,1-4H3,(H,38,43)(H,37,42,44). The van der Waals surface area contributed by atoms with Crippen LogP contribution >= 0.6 is 0 Å². The lowest BCUT2D eigenvalue weighted by Gasteiger charge is -2.57. The van der Waals surface area contributed by atoms with E-state index in [1.54, 1.807) is 12.1 Å². The Labute approximate surface area is 268 Å². The smallest absolute Gasteiger partial charge is 0.262 e. The van der Waals surface area contributed by atoms with E-state index >= 15 is 0 Å². The van der Waals surface area contributed by atoms with Crippen molar-refractivity contribution in [2.75, 3.05) is 18.0 Å². The highest BCUT2D eigenvalue weighted by molar-refractivity contribution is 6.25. The van der Waals surface area contributed by atoms with Gasteiger partial charge in [-0.3, -0.25) is 34.2 Å². The van der Waals surface area contributed by atoms with E-state index in [9.17, 15) is 24.0 Å². The van der Waals surface area contributed by atoms with Crippen LogP contribution in [0.15, 0.2) is 48.8 Å². The summed E-state index contributed by atoms with van der Waals surface area (Å²) in [5, 5.41) is 7.25. The maximum atomic E-state index is 13.2. The molecule has 0 radical (unpaired) electrons. The number of anilines is 1. The van der Waals surface area contributed by atoms with Gasteiger partial charge in [-0.15, -0.1) is 0 Å². The molecule has 46 heavy (non-hydrogen) atoms. The van der Waals surface area contributed by atoms with Crippen LogP contribution < -0.4 is 15.5 Å². The van der Waals surface area contributed by atoms with Gasteiger partial charge in [0.25, 0.3) is 17.7 Å². The van der Waals surface area contributed by atoms with Crippen LogP contribution in [0, 0.1) is 16.7 Å². The molecule has 4 aliphatic rings. The lowest BCUT2D eigenvalue weighted by molar-refractivity contribution is -0.136. The first-order valence-corrected chi connectivity index (χ1v) is 16.3. The van der Waals surface area contributed by atoms with E-state index in [4.69, 9.17) is 0 Å². The largest absolute Gasteiger partial charge is 0.372 e. The molecule has 0 bridgehead atoms. The van der Waals surface area contributed by atoms with Crippen LogP contribution in [-0.4, -0.2) is 64.2 Å². The molecule has 7 rings (SSSR count). The Morgan fingerprint density at radius 2 is 1.46 bits per heavy atom. The first-order valence-electron chi connectivity index (χ1n) is 16.3. The fourth-order valence-corrected chi connectivity index (χ4v) is 8.68. The second kappa shape index (κ2) is 10.8. The number of hydrogen-bond donors (Lipinski definition) is 2. The van der Waals surface area contributed by atoms with Gasteiger partial charge in [-0.25, -0.2) is 0 Å². The van der Waals surface area contributed by atoms with Crippen molar-refractivity contribution in [3.05, 3.63) is 65.5 Å². The number of imide groups is 2. The number of carbonyl (C=O) groups is 5. The molecule has 2 N–H and O–H groups in total. The molecule has 4 heterocycles. The van der Waals surface area contributed by atoms with Crippen LogP contribution in [0.3, 0.4) is 0 Å². The van der Waals surface area contributed by atoms with Gasteiger partial charge in [0.15, 0.2) is 0 Å². The van der Waals surface area contributed by atoms with Crippen LogP contribution in [-0.2, 0) is 16.1 Å². The fraction of sp³-hybridized carbons (Fsp3) is 0.472. The third-order valence-corrected chi connectivity index (χ3v) is 10.6. The topological polar surface area (TPSA) is 121 Å². The minimum absolute atomic E-state index is 0.0131. The molecule has 3 fully saturated rings. The molecule has 2 aromatic carbocycles. The molecular weight excluding hydrogens is 582 g/mol. The average molecular weight is 624 g/mol. The number of benzene rings is 2. The minimum Gasteiger partial charge on any atom is -0.372 e. The molecule has 0 spiro atoms. The zero-order valence-corrected chi connectivity index (χ0v) is 26.9. The van der Waals surface area contributed by atoms with Crippen molar-refractivity contribution in [3.8, 4) is 0 Å². The van der Waals surface area contributed by atoms with Gasteiger partial charge in [0.1, 0.15) is 6.04 Å². The Bertz CT molecular complexity index is 1710. The molecule has 1 unspecified atom stereocenters. The maximum Gasteiger partial charge on any atom is 0.262 e. The number of nitrogens with zero attached hydrogens (tertiary/aromatic N) is 3. The molecule has 3 aliphatic heterocycles. The predicted octanol–water partition coefficient (Wildman–Crippen LogP) is 4.51. The molecule has 3 aromatic rings. The highest BCUT2D eigenvalue weighted by Crippen LogP contribution is 2.53. The fourth-order valence-electron chi connectivity index (χ4n) is 8.68. The second-order valence-electron chi connectivity index (χ2n) is 15.0. The van der Waals surface area contributed by atoms with Gasteiger partial charge in [-0.05, 0) is 78.8 Å². The zero-order chi connectivity index (χ0) is 32.5. The highest BCUT2D eigenvalue weighted by atomic mass is 16.2. The number of hydrogen-bond acceptors (Lipinski definition) is 6. The summed E-state index contributed by atoms with van der Waals surface area (Å²) in [6.07, 6.45) is 7.42. The molecule has 1 atom stereocenters. The van der Waals surface area contributed by atoms with Gasteiger partial charge in [0.05, 0.1) is 11.1 Å². The van der Waals surface area contributed by atoms with E-state index in [0.29, 0.717) is 22.6 Å². The quantitative estimate of drug-likeness (QED) is 0.390. The molecule has 1 saturated carbocycles. The summed E-state index contributed by atoms with van der Waals surface area (Å²) in [5.74, 6) is -1.51. The zero-order valence-electron chi connectivity index (χ0n) is 26.9. The Morgan fingerprint density at radius 1 is 0.870 bits per heavy atom. The summed E-state index contributed by atoms with van der Waals surface area (Å²) in [5.41, 5.74) is 2.63. The summed E-state index contributed by atoms with van der Waals surface area (Å²) in [6.45, 7) is 11.5. The van der Waals surface area contributed by atoms with Crippen molar-refractivity contribution in [2.24, 2.45) is 16.7 Å². The molecule has 1 aliphatic carbocycles. The molecule has 10 heteroatoms. The van der Waals surface area contributed by atoms with E-state index in [1.807, 2.05) is 36.7 Å². The summed E-state index contributed by atoms with van der Waals surface area (Å²) in [7, 11) is 0. The first-order chi connectivity index (χ1) is 21.8. The third kappa shape index (κ3) is 5.17. The minimum atomic E-state index is -0.968. The van der Waals surface area contributed by atoms with Gasteiger partial charge in [-0.2, -0.15) is 0 Å². The Balaban J connectivity index is 0.957. The van der Waals surface area contributed by atoms with Crippen molar-refractivity contribution in [3.63, 3.8) is 0 Å². The monoisotopic (exact) mass is 623 g/mol. The van der Waals surface area contributed by atoms with Crippen LogP contribution in [0.1, 0.15) is 90.9 Å². The van der Waals surface area contributed by atoms with Crippen molar-refractivity contribution in [1.82, 2.24) is 20.1 Å². The number of fused-ring (bicyclic) bond motifs is 2. The SMILES string of the molecule is CC1(C)CC(C)(C)C1NC(=O)c1ccc(N2CCC(Cn3cc4cc5c(cc4c3)C(=O)N(C3CCC(=O)NC3=O)C5=O)CC2)cc1. The van der Waals surface area contributed by atoms with Crippen molar-refractivity contribution in [2.45, 2.75) is 78.4 Å². The molecule has 10 nitrogen and oxygen atoms in total. The van der Waals surface area contributed by atoms with Crippen LogP contribution in [0.25, 0.3) is 10.8 Å². The molecule has 240 valence electrons. The van der Waals surface area contributed by atoms with Crippen LogP contribution in [0.5, 0.6) is 0 Å². The number of amides is 5. The van der Waals surface area contributed by atoms with E-state index in [-0.39, 0.29) is 41.5 Å². The van der Waals surface area contributed by atoms with Gasteiger partial charge in [0.2, 0.25) is 11.8 Å². The van der Waals surface area contributed by atoms with Gasteiger partial charge in [-0.1, -0.05) is 27.7 Å². The van der Waals surface area contributed by atoms with E-state index in [0.717, 1.165) is 60.3 Å². The summed E-state index contributed by atoms with van der Waals surface area (Å²) in [6, 6.07) is 10.6.